The molecule has 1 amide bonds. The zero-order valence-corrected chi connectivity index (χ0v) is 12.4. The Morgan fingerprint density at radius 1 is 1.41 bits per heavy atom. The molecule has 0 saturated carbocycles. The van der Waals surface area contributed by atoms with Crippen molar-refractivity contribution in [1.82, 2.24) is 9.72 Å². The number of fused-ring (bicyclic) bond motifs is 2. The molecule has 1 aliphatic rings. The van der Waals surface area contributed by atoms with E-state index in [1.54, 1.807) is 0 Å². The van der Waals surface area contributed by atoms with Gasteiger partial charge in [0, 0.05) is 24.7 Å². The van der Waals surface area contributed by atoms with Gasteiger partial charge in [-0.05, 0) is 6.92 Å². The third-order valence-corrected chi connectivity index (χ3v) is 4.38. The Kier molecular flexibility index (Phi) is 2.97. The number of ether oxygens (including phenoxy) is 2. The van der Waals surface area contributed by atoms with Crippen molar-refractivity contribution in [1.29, 1.82) is 0 Å². The van der Waals surface area contributed by atoms with Gasteiger partial charge in [0.15, 0.2) is 16.3 Å². The summed E-state index contributed by atoms with van der Waals surface area (Å²) in [6, 6.07) is 5.31. The minimum Gasteiger partial charge on any atom is -0.454 e. The standard InChI is InChI=1S/C14H11N3O4S/c1-2-17-8-5-10-11(20-7-19-10)6-12(8)22-14(17)16-13(18)9-3-4-15-21-9/h3-6H,2,7H2,1H3. The first-order chi connectivity index (χ1) is 10.8. The maximum Gasteiger partial charge on any atom is 0.318 e. The molecule has 4 rings (SSSR count). The molecule has 0 bridgehead atoms. The number of aryl methyl sites for hydroxylation is 1. The molecule has 0 unspecified atom stereocenters. The molecule has 2 aromatic heterocycles. The molecule has 0 spiro atoms. The molecule has 1 aromatic carbocycles. The highest BCUT2D eigenvalue weighted by molar-refractivity contribution is 7.16. The van der Waals surface area contributed by atoms with Crippen molar-refractivity contribution in [3.8, 4) is 11.5 Å². The summed E-state index contributed by atoms with van der Waals surface area (Å²) in [6.07, 6.45) is 1.42. The molecule has 0 saturated heterocycles. The second-order valence-corrected chi connectivity index (χ2v) is 5.60. The quantitative estimate of drug-likeness (QED) is 0.724. The summed E-state index contributed by atoms with van der Waals surface area (Å²) in [6.45, 7) is 2.91. The van der Waals surface area contributed by atoms with Crippen LogP contribution in [-0.4, -0.2) is 22.4 Å². The van der Waals surface area contributed by atoms with Crippen molar-refractivity contribution in [3.63, 3.8) is 0 Å². The summed E-state index contributed by atoms with van der Waals surface area (Å²) in [5.74, 6) is 1.09. The summed E-state index contributed by atoms with van der Waals surface area (Å²) in [7, 11) is 0. The number of amides is 1. The van der Waals surface area contributed by atoms with E-state index in [-0.39, 0.29) is 12.6 Å². The molecule has 8 heteroatoms. The third kappa shape index (κ3) is 2.00. The summed E-state index contributed by atoms with van der Waals surface area (Å²) in [4.78, 5) is 16.8. The van der Waals surface area contributed by atoms with Gasteiger partial charge in [-0.3, -0.25) is 4.79 Å². The molecule has 22 heavy (non-hydrogen) atoms. The number of hydrogen-bond donors (Lipinski definition) is 0. The van der Waals surface area contributed by atoms with Gasteiger partial charge in [-0.2, -0.15) is 4.99 Å². The van der Waals surface area contributed by atoms with Crippen molar-refractivity contribution in [3.05, 3.63) is 35.0 Å². The fourth-order valence-corrected chi connectivity index (χ4v) is 3.42. The molecular weight excluding hydrogens is 306 g/mol. The molecule has 0 aliphatic carbocycles. The molecule has 1 aliphatic heterocycles. The van der Waals surface area contributed by atoms with Crippen LogP contribution >= 0.6 is 11.3 Å². The zero-order chi connectivity index (χ0) is 15.1. The van der Waals surface area contributed by atoms with Crippen LogP contribution in [0.15, 0.2) is 33.9 Å². The number of carbonyl (C=O) groups excluding carboxylic acids is 1. The Bertz CT molecular complexity index is 924. The van der Waals surface area contributed by atoms with Gasteiger partial charge in [0.05, 0.1) is 16.4 Å². The van der Waals surface area contributed by atoms with Gasteiger partial charge in [-0.15, -0.1) is 0 Å². The molecule has 0 N–H and O–H groups in total. The Hall–Kier alpha value is -2.61. The maximum atomic E-state index is 12.1. The zero-order valence-electron chi connectivity index (χ0n) is 11.6. The second-order valence-electron chi connectivity index (χ2n) is 4.60. The predicted octanol–water partition coefficient (Wildman–Crippen LogP) is 2.18. The van der Waals surface area contributed by atoms with Crippen LogP contribution < -0.4 is 14.3 Å². The van der Waals surface area contributed by atoms with E-state index in [1.807, 2.05) is 23.6 Å². The Balaban J connectivity index is 1.89. The number of carbonyl (C=O) groups is 1. The number of benzene rings is 1. The lowest BCUT2D eigenvalue weighted by Gasteiger charge is -2.01. The van der Waals surface area contributed by atoms with Crippen molar-refractivity contribution in [2.45, 2.75) is 13.5 Å². The molecule has 0 atom stereocenters. The highest BCUT2D eigenvalue weighted by Gasteiger charge is 2.18. The van der Waals surface area contributed by atoms with Crippen LogP contribution in [0.2, 0.25) is 0 Å². The predicted molar refractivity (Wildman–Crippen MR) is 78.0 cm³/mol. The Morgan fingerprint density at radius 2 is 2.23 bits per heavy atom. The normalized spacial score (nSPS) is 14.0. The van der Waals surface area contributed by atoms with Crippen LogP contribution in [-0.2, 0) is 6.54 Å². The van der Waals surface area contributed by atoms with Crippen molar-refractivity contribution in [2.24, 2.45) is 4.99 Å². The number of nitrogens with zero attached hydrogens (tertiary/aromatic N) is 3. The van der Waals surface area contributed by atoms with Gasteiger partial charge in [0.25, 0.3) is 0 Å². The van der Waals surface area contributed by atoms with Crippen LogP contribution in [0.3, 0.4) is 0 Å². The molecule has 3 aromatic rings. The highest BCUT2D eigenvalue weighted by atomic mass is 32.1. The lowest BCUT2D eigenvalue weighted by molar-refractivity contribution is 0.0962. The second kappa shape index (κ2) is 4.99. The van der Waals surface area contributed by atoms with Crippen LogP contribution in [0.4, 0.5) is 0 Å². The van der Waals surface area contributed by atoms with E-state index in [1.165, 1.54) is 23.6 Å². The topological polar surface area (TPSA) is 78.9 Å². The monoisotopic (exact) mass is 317 g/mol. The average Bonchev–Trinajstić information content (AvgIpc) is 3.23. The van der Waals surface area contributed by atoms with Crippen molar-refractivity contribution >= 4 is 27.5 Å². The molecule has 3 heterocycles. The van der Waals surface area contributed by atoms with Crippen LogP contribution in [0, 0.1) is 0 Å². The molecule has 7 nitrogen and oxygen atoms in total. The van der Waals surface area contributed by atoms with E-state index in [2.05, 4.69) is 10.1 Å². The van der Waals surface area contributed by atoms with Crippen molar-refractivity contribution < 1.29 is 18.8 Å². The largest absolute Gasteiger partial charge is 0.454 e. The van der Waals surface area contributed by atoms with Gasteiger partial charge >= 0.3 is 5.91 Å². The third-order valence-electron chi connectivity index (χ3n) is 3.34. The van der Waals surface area contributed by atoms with Crippen molar-refractivity contribution in [2.75, 3.05) is 6.79 Å². The summed E-state index contributed by atoms with van der Waals surface area (Å²) < 4.78 is 18.6. The van der Waals surface area contributed by atoms with Gasteiger partial charge in [0.2, 0.25) is 12.6 Å². The Morgan fingerprint density at radius 3 is 2.95 bits per heavy atom. The average molecular weight is 317 g/mol. The molecular formula is C14H11N3O4S. The summed E-state index contributed by atoms with van der Waals surface area (Å²) in [5, 5.41) is 3.52. The molecule has 112 valence electrons. The first kappa shape index (κ1) is 13.1. The van der Waals surface area contributed by atoms with Gasteiger partial charge in [0.1, 0.15) is 0 Å². The number of thiazole rings is 1. The maximum absolute atomic E-state index is 12.1. The SMILES string of the molecule is CCn1c(=NC(=O)c2ccno2)sc2cc3c(cc21)OCO3. The first-order valence-electron chi connectivity index (χ1n) is 6.69. The fraction of sp³-hybridized carbons (Fsp3) is 0.214. The van der Waals surface area contributed by atoms with E-state index in [0.29, 0.717) is 22.8 Å². The van der Waals surface area contributed by atoms with E-state index in [9.17, 15) is 4.79 Å². The minimum absolute atomic E-state index is 0.120. The van der Waals surface area contributed by atoms with Gasteiger partial charge < -0.3 is 18.6 Å². The Labute approximate surface area is 128 Å². The van der Waals surface area contributed by atoms with E-state index in [4.69, 9.17) is 14.0 Å². The van der Waals surface area contributed by atoms with E-state index >= 15 is 0 Å². The van der Waals surface area contributed by atoms with Gasteiger partial charge in [-0.1, -0.05) is 16.5 Å². The smallest absolute Gasteiger partial charge is 0.318 e. The summed E-state index contributed by atoms with van der Waals surface area (Å²) >= 11 is 1.42. The minimum atomic E-state index is -0.453. The number of hydrogen-bond acceptors (Lipinski definition) is 6. The van der Waals surface area contributed by atoms with E-state index < -0.39 is 5.91 Å². The fourth-order valence-electron chi connectivity index (χ4n) is 2.32. The molecule has 0 radical (unpaired) electrons. The lowest BCUT2D eigenvalue weighted by atomic mass is 10.3. The lowest BCUT2D eigenvalue weighted by Crippen LogP contribution is -2.15. The number of aromatic nitrogens is 2. The van der Waals surface area contributed by atoms with Crippen LogP contribution in [0.25, 0.3) is 10.2 Å². The molecule has 0 fully saturated rings. The van der Waals surface area contributed by atoms with Gasteiger partial charge in [-0.25, -0.2) is 0 Å². The first-order valence-corrected chi connectivity index (χ1v) is 7.50. The number of rotatable bonds is 2. The van der Waals surface area contributed by atoms with Crippen LogP contribution in [0.5, 0.6) is 11.5 Å². The van der Waals surface area contributed by atoms with E-state index in [0.717, 1.165) is 10.2 Å². The highest BCUT2D eigenvalue weighted by Crippen LogP contribution is 2.36. The van der Waals surface area contributed by atoms with Crippen LogP contribution in [0.1, 0.15) is 17.5 Å². The summed E-state index contributed by atoms with van der Waals surface area (Å²) in [5.41, 5.74) is 0.959.